The zero-order valence-electron chi connectivity index (χ0n) is 19.6. The van der Waals surface area contributed by atoms with Crippen molar-refractivity contribution in [2.24, 2.45) is 0 Å². The van der Waals surface area contributed by atoms with Crippen LogP contribution in [0.2, 0.25) is 0 Å². The second kappa shape index (κ2) is 9.75. The molecular formula is C28H33N5. The molecule has 33 heavy (non-hydrogen) atoms. The molecule has 1 fully saturated rings. The summed E-state index contributed by atoms with van der Waals surface area (Å²) in [7, 11) is 4.07. The lowest BCUT2D eigenvalue weighted by Crippen LogP contribution is -2.38. The Balaban J connectivity index is 1.15. The lowest BCUT2D eigenvalue weighted by molar-refractivity contribution is 0.355. The highest BCUT2D eigenvalue weighted by Gasteiger charge is 2.22. The highest BCUT2D eigenvalue weighted by atomic mass is 15.2. The Labute approximate surface area is 196 Å². The summed E-state index contributed by atoms with van der Waals surface area (Å²) in [6.45, 7) is 1.02. The largest absolute Gasteiger partial charge is 0.362 e. The van der Waals surface area contributed by atoms with Crippen LogP contribution < -0.4 is 15.5 Å². The van der Waals surface area contributed by atoms with Crippen molar-refractivity contribution in [3.63, 3.8) is 0 Å². The molecule has 170 valence electrons. The fraction of sp³-hybridized carbons (Fsp3) is 0.357. The molecule has 0 atom stereocenters. The topological polar surface area (TPSA) is 53.1 Å². The van der Waals surface area contributed by atoms with Crippen LogP contribution in [0.3, 0.4) is 0 Å². The zero-order valence-corrected chi connectivity index (χ0v) is 19.6. The number of fused-ring (bicyclic) bond motifs is 2. The quantitative estimate of drug-likeness (QED) is 0.404. The number of benzene rings is 3. The fourth-order valence-electron chi connectivity index (χ4n) is 5.01. The van der Waals surface area contributed by atoms with E-state index in [0.29, 0.717) is 12.1 Å². The molecule has 0 spiro atoms. The first-order valence-corrected chi connectivity index (χ1v) is 12.1. The van der Waals surface area contributed by atoms with Crippen molar-refractivity contribution in [2.45, 2.75) is 44.2 Å². The maximum Gasteiger partial charge on any atom is 0.225 e. The Bertz CT molecular complexity index is 1220. The molecule has 1 saturated carbocycles. The van der Waals surface area contributed by atoms with Crippen molar-refractivity contribution in [3.05, 3.63) is 72.3 Å². The molecule has 0 aliphatic heterocycles. The summed E-state index contributed by atoms with van der Waals surface area (Å²) in [5, 5.41) is 11.2. The first-order chi connectivity index (χ1) is 16.2. The van der Waals surface area contributed by atoms with Gasteiger partial charge in [0.15, 0.2) is 0 Å². The van der Waals surface area contributed by atoms with E-state index in [1.807, 2.05) is 26.2 Å². The molecule has 0 bridgehead atoms. The van der Waals surface area contributed by atoms with Gasteiger partial charge in [0, 0.05) is 31.6 Å². The van der Waals surface area contributed by atoms with Crippen molar-refractivity contribution in [1.29, 1.82) is 0 Å². The second-order valence-corrected chi connectivity index (χ2v) is 9.32. The van der Waals surface area contributed by atoms with Gasteiger partial charge in [0.25, 0.3) is 0 Å². The van der Waals surface area contributed by atoms with Gasteiger partial charge in [-0.05, 0) is 67.1 Å². The Morgan fingerprint density at radius 1 is 0.788 bits per heavy atom. The van der Waals surface area contributed by atoms with Crippen LogP contribution in [0, 0.1) is 0 Å². The van der Waals surface area contributed by atoms with Gasteiger partial charge in [0.1, 0.15) is 5.82 Å². The predicted molar refractivity (Wildman–Crippen MR) is 139 cm³/mol. The molecule has 5 nitrogen and oxygen atoms in total. The minimum absolute atomic E-state index is 0.428. The minimum atomic E-state index is 0.428. The van der Waals surface area contributed by atoms with E-state index in [4.69, 9.17) is 9.97 Å². The average molecular weight is 440 g/mol. The summed E-state index contributed by atoms with van der Waals surface area (Å²) in [4.78, 5) is 11.6. The summed E-state index contributed by atoms with van der Waals surface area (Å²) >= 11 is 0. The molecule has 0 amide bonds. The standard InChI is InChI=1S/C28H33N5/c1-33(2)27-25-12-5-6-13-26(25)31-28(32-27)30-23-16-14-22(15-17-23)29-19-18-21-10-7-9-20-8-3-4-11-24(20)21/h3-13,22-23,29H,14-19H2,1-2H3,(H,30,31,32)/t22-,23+. The molecule has 0 unspecified atom stereocenters. The number of para-hydroxylation sites is 1. The average Bonchev–Trinajstić information content (AvgIpc) is 2.85. The van der Waals surface area contributed by atoms with Crippen molar-refractivity contribution in [1.82, 2.24) is 15.3 Å². The molecule has 1 aromatic heterocycles. The molecule has 1 aliphatic rings. The molecule has 4 aromatic rings. The minimum Gasteiger partial charge on any atom is -0.362 e. The Kier molecular flexibility index (Phi) is 6.40. The maximum atomic E-state index is 4.81. The third-order valence-corrected chi connectivity index (χ3v) is 6.77. The van der Waals surface area contributed by atoms with Crippen molar-refractivity contribution in [3.8, 4) is 0 Å². The van der Waals surface area contributed by atoms with Gasteiger partial charge in [0.2, 0.25) is 5.95 Å². The number of nitrogens with one attached hydrogen (secondary N) is 2. The Morgan fingerprint density at radius 2 is 1.48 bits per heavy atom. The number of anilines is 2. The number of aromatic nitrogens is 2. The fourth-order valence-corrected chi connectivity index (χ4v) is 5.01. The molecule has 0 saturated heterocycles. The lowest BCUT2D eigenvalue weighted by Gasteiger charge is -2.30. The summed E-state index contributed by atoms with van der Waals surface area (Å²) in [5.41, 5.74) is 2.42. The zero-order chi connectivity index (χ0) is 22.6. The number of hydrogen-bond donors (Lipinski definition) is 2. The summed E-state index contributed by atoms with van der Waals surface area (Å²) in [6.07, 6.45) is 5.71. The lowest BCUT2D eigenvalue weighted by atomic mass is 9.91. The summed E-state index contributed by atoms with van der Waals surface area (Å²) in [5.74, 6) is 1.71. The van der Waals surface area contributed by atoms with Gasteiger partial charge in [-0.1, -0.05) is 54.6 Å². The van der Waals surface area contributed by atoms with E-state index in [2.05, 4.69) is 70.1 Å². The molecule has 5 rings (SSSR count). The van der Waals surface area contributed by atoms with Crippen LogP contribution in [0.1, 0.15) is 31.2 Å². The van der Waals surface area contributed by atoms with Gasteiger partial charge >= 0.3 is 0 Å². The van der Waals surface area contributed by atoms with Crippen LogP contribution in [0.5, 0.6) is 0 Å². The van der Waals surface area contributed by atoms with Crippen LogP contribution in [-0.2, 0) is 6.42 Å². The molecule has 2 N–H and O–H groups in total. The summed E-state index contributed by atoms with van der Waals surface area (Å²) in [6, 6.07) is 24.5. The molecule has 3 aromatic carbocycles. The predicted octanol–water partition coefficient (Wildman–Crippen LogP) is 5.40. The second-order valence-electron chi connectivity index (χ2n) is 9.32. The SMILES string of the molecule is CN(C)c1nc(N[C@H]2CC[C@@H](NCCc3cccc4ccccc34)CC2)nc2ccccc12. The van der Waals surface area contributed by atoms with Crippen LogP contribution in [0.4, 0.5) is 11.8 Å². The van der Waals surface area contributed by atoms with Crippen molar-refractivity contribution in [2.75, 3.05) is 30.9 Å². The van der Waals surface area contributed by atoms with Gasteiger partial charge in [0.05, 0.1) is 5.52 Å². The molecule has 1 aliphatic carbocycles. The number of hydrogen-bond acceptors (Lipinski definition) is 5. The highest BCUT2D eigenvalue weighted by Crippen LogP contribution is 2.26. The van der Waals surface area contributed by atoms with E-state index in [9.17, 15) is 0 Å². The van der Waals surface area contributed by atoms with Gasteiger partial charge in [-0.3, -0.25) is 0 Å². The van der Waals surface area contributed by atoms with Crippen LogP contribution in [0.15, 0.2) is 66.7 Å². The number of rotatable bonds is 7. The van der Waals surface area contributed by atoms with E-state index < -0.39 is 0 Å². The van der Waals surface area contributed by atoms with Gasteiger partial charge < -0.3 is 15.5 Å². The van der Waals surface area contributed by atoms with E-state index in [1.165, 1.54) is 29.2 Å². The highest BCUT2D eigenvalue weighted by molar-refractivity contribution is 5.90. The monoisotopic (exact) mass is 439 g/mol. The van der Waals surface area contributed by atoms with Crippen molar-refractivity contribution >= 4 is 33.4 Å². The Morgan fingerprint density at radius 3 is 2.30 bits per heavy atom. The normalized spacial score (nSPS) is 18.5. The van der Waals surface area contributed by atoms with Crippen LogP contribution in [0.25, 0.3) is 21.7 Å². The van der Waals surface area contributed by atoms with E-state index in [1.54, 1.807) is 0 Å². The van der Waals surface area contributed by atoms with Crippen molar-refractivity contribution < 1.29 is 0 Å². The van der Waals surface area contributed by atoms with Crippen LogP contribution in [-0.4, -0.2) is 42.7 Å². The number of nitrogens with zero attached hydrogens (tertiary/aromatic N) is 3. The van der Waals surface area contributed by atoms with Gasteiger partial charge in [-0.2, -0.15) is 4.98 Å². The first kappa shape index (κ1) is 21.7. The third kappa shape index (κ3) is 4.93. The van der Waals surface area contributed by atoms with Crippen LogP contribution >= 0.6 is 0 Å². The molecule has 0 radical (unpaired) electrons. The molecular weight excluding hydrogens is 406 g/mol. The van der Waals surface area contributed by atoms with Gasteiger partial charge in [-0.15, -0.1) is 0 Å². The summed E-state index contributed by atoms with van der Waals surface area (Å²) < 4.78 is 0. The maximum absolute atomic E-state index is 4.81. The van der Waals surface area contributed by atoms with E-state index in [0.717, 1.165) is 48.5 Å². The van der Waals surface area contributed by atoms with Gasteiger partial charge in [-0.25, -0.2) is 4.98 Å². The van der Waals surface area contributed by atoms with E-state index >= 15 is 0 Å². The van der Waals surface area contributed by atoms with E-state index in [-0.39, 0.29) is 0 Å². The third-order valence-electron chi connectivity index (χ3n) is 6.77. The first-order valence-electron chi connectivity index (χ1n) is 12.1. The molecule has 1 heterocycles. The Hall–Kier alpha value is -3.18. The smallest absolute Gasteiger partial charge is 0.225 e. The molecule has 5 heteroatoms.